The zero-order chi connectivity index (χ0) is 16.3. The Morgan fingerprint density at radius 1 is 0.955 bits per heavy atom. The van der Waals surface area contributed by atoms with Crippen LogP contribution in [0.2, 0.25) is 0 Å². The number of rotatable bonds is 3. The molecule has 0 saturated carbocycles. The Labute approximate surface area is 121 Å². The second-order valence-electron chi connectivity index (χ2n) is 4.18. The lowest BCUT2D eigenvalue weighted by Gasteiger charge is -2.11. The predicted molar refractivity (Wildman–Crippen MR) is 69.0 cm³/mol. The van der Waals surface area contributed by atoms with Crippen LogP contribution >= 0.6 is 0 Å². The first-order valence-electron chi connectivity index (χ1n) is 5.89. The largest absolute Gasteiger partial charge is 0.417 e. The molecule has 2 rings (SSSR count). The summed E-state index contributed by atoms with van der Waals surface area (Å²) in [6, 6.07) is 7.98. The molecule has 0 aliphatic carbocycles. The summed E-state index contributed by atoms with van der Waals surface area (Å²) < 4.78 is 77.9. The van der Waals surface area contributed by atoms with Gasteiger partial charge >= 0.3 is 6.18 Å². The lowest BCUT2D eigenvalue weighted by atomic mass is 10.1. The molecule has 8 heteroatoms. The van der Waals surface area contributed by atoms with E-state index >= 15 is 0 Å². The van der Waals surface area contributed by atoms with Crippen molar-refractivity contribution in [3.8, 4) is 0 Å². The third-order valence-corrected chi connectivity index (χ3v) is 2.67. The molecule has 1 N–H and O–H groups in total. The SMILES string of the molecule is Fc1cc(C(F)(F)F)c(C=NNc2ccccc2)c(F)c1F. The van der Waals surface area contributed by atoms with Crippen LogP contribution in [0.25, 0.3) is 0 Å². The number of para-hydroxylation sites is 1. The fourth-order valence-corrected chi connectivity index (χ4v) is 1.65. The predicted octanol–water partition coefficient (Wildman–Crippen LogP) is 4.57. The van der Waals surface area contributed by atoms with Crippen LogP contribution in [-0.4, -0.2) is 6.21 Å². The number of hydrazone groups is 1. The highest BCUT2D eigenvalue weighted by Gasteiger charge is 2.36. The number of hydrogen-bond acceptors (Lipinski definition) is 2. The van der Waals surface area contributed by atoms with E-state index in [2.05, 4.69) is 10.5 Å². The number of nitrogens with one attached hydrogen (secondary N) is 1. The van der Waals surface area contributed by atoms with Crippen molar-refractivity contribution in [2.24, 2.45) is 5.10 Å². The van der Waals surface area contributed by atoms with E-state index in [9.17, 15) is 26.3 Å². The van der Waals surface area contributed by atoms with Crippen LogP contribution in [0.5, 0.6) is 0 Å². The maximum atomic E-state index is 13.5. The third-order valence-electron chi connectivity index (χ3n) is 2.67. The zero-order valence-electron chi connectivity index (χ0n) is 10.8. The summed E-state index contributed by atoms with van der Waals surface area (Å²) in [6.45, 7) is 0. The Kier molecular flexibility index (Phi) is 4.39. The molecule has 2 aromatic carbocycles. The van der Waals surface area contributed by atoms with Crippen LogP contribution in [0, 0.1) is 17.5 Å². The van der Waals surface area contributed by atoms with Gasteiger partial charge in [-0.05, 0) is 18.2 Å². The average molecular weight is 318 g/mol. The van der Waals surface area contributed by atoms with Crippen LogP contribution in [0.15, 0.2) is 41.5 Å². The molecular weight excluding hydrogens is 310 g/mol. The monoisotopic (exact) mass is 318 g/mol. The minimum absolute atomic E-state index is 0.109. The van der Waals surface area contributed by atoms with Gasteiger partial charge in [-0.3, -0.25) is 5.43 Å². The number of alkyl halides is 3. The van der Waals surface area contributed by atoms with Gasteiger partial charge in [0, 0.05) is 5.56 Å². The Morgan fingerprint density at radius 3 is 2.18 bits per heavy atom. The smallest absolute Gasteiger partial charge is 0.279 e. The van der Waals surface area contributed by atoms with E-state index < -0.39 is 34.8 Å². The maximum absolute atomic E-state index is 13.5. The van der Waals surface area contributed by atoms with Crippen molar-refractivity contribution in [3.63, 3.8) is 0 Å². The summed E-state index contributed by atoms with van der Waals surface area (Å²) in [7, 11) is 0. The minimum Gasteiger partial charge on any atom is -0.279 e. The average Bonchev–Trinajstić information content (AvgIpc) is 2.47. The summed E-state index contributed by atoms with van der Waals surface area (Å²) in [4.78, 5) is 0. The van der Waals surface area contributed by atoms with Gasteiger partial charge in [0.2, 0.25) is 0 Å². The van der Waals surface area contributed by atoms with Gasteiger partial charge in [0.1, 0.15) is 0 Å². The Morgan fingerprint density at radius 2 is 1.59 bits per heavy atom. The van der Waals surface area contributed by atoms with Crippen molar-refractivity contribution in [2.45, 2.75) is 6.18 Å². The summed E-state index contributed by atoms with van der Waals surface area (Å²) >= 11 is 0. The molecule has 2 aromatic rings. The van der Waals surface area contributed by atoms with Crippen molar-refractivity contribution >= 4 is 11.9 Å². The van der Waals surface area contributed by atoms with Crippen molar-refractivity contribution in [1.82, 2.24) is 0 Å². The van der Waals surface area contributed by atoms with Crippen LogP contribution in [-0.2, 0) is 6.18 Å². The van der Waals surface area contributed by atoms with E-state index in [4.69, 9.17) is 0 Å². The molecule has 0 fully saturated rings. The molecule has 0 bridgehead atoms. The van der Waals surface area contributed by atoms with Crippen LogP contribution in [0.4, 0.5) is 32.0 Å². The molecule has 0 aliphatic rings. The van der Waals surface area contributed by atoms with Gasteiger partial charge in [0.15, 0.2) is 17.5 Å². The normalized spacial score (nSPS) is 11.9. The molecule has 0 amide bonds. The Hall–Kier alpha value is -2.51. The highest BCUT2D eigenvalue weighted by molar-refractivity contribution is 5.83. The van der Waals surface area contributed by atoms with Crippen molar-refractivity contribution in [1.29, 1.82) is 0 Å². The minimum atomic E-state index is -5.05. The number of nitrogens with zero attached hydrogens (tertiary/aromatic N) is 1. The van der Waals surface area contributed by atoms with Crippen LogP contribution in [0.3, 0.4) is 0 Å². The molecule has 0 heterocycles. The highest BCUT2D eigenvalue weighted by Crippen LogP contribution is 2.34. The van der Waals surface area contributed by atoms with E-state index in [0.29, 0.717) is 11.9 Å². The number of hydrogen-bond donors (Lipinski definition) is 1. The molecule has 0 saturated heterocycles. The number of benzene rings is 2. The first-order valence-corrected chi connectivity index (χ1v) is 5.89. The van der Waals surface area contributed by atoms with E-state index in [0.717, 1.165) is 0 Å². The quantitative estimate of drug-likeness (QED) is 0.381. The number of anilines is 1. The summed E-state index contributed by atoms with van der Waals surface area (Å²) in [5, 5.41) is 3.41. The number of halogens is 6. The van der Waals surface area contributed by atoms with Gasteiger partial charge in [0.05, 0.1) is 17.5 Å². The lowest BCUT2D eigenvalue weighted by Crippen LogP contribution is -2.13. The molecule has 22 heavy (non-hydrogen) atoms. The van der Waals surface area contributed by atoms with E-state index in [1.165, 1.54) is 0 Å². The maximum Gasteiger partial charge on any atom is 0.417 e. The van der Waals surface area contributed by atoms with Gasteiger partial charge in [-0.1, -0.05) is 18.2 Å². The van der Waals surface area contributed by atoms with Gasteiger partial charge in [-0.2, -0.15) is 18.3 Å². The van der Waals surface area contributed by atoms with Crippen LogP contribution < -0.4 is 5.43 Å². The van der Waals surface area contributed by atoms with E-state index in [-0.39, 0.29) is 6.07 Å². The first kappa shape index (κ1) is 15.9. The molecule has 116 valence electrons. The van der Waals surface area contributed by atoms with E-state index in [1.807, 2.05) is 0 Å². The molecule has 0 atom stereocenters. The van der Waals surface area contributed by atoms with Gasteiger partial charge < -0.3 is 0 Å². The second kappa shape index (κ2) is 6.08. The summed E-state index contributed by atoms with van der Waals surface area (Å²) in [6.07, 6.45) is -4.60. The lowest BCUT2D eigenvalue weighted by molar-refractivity contribution is -0.138. The fraction of sp³-hybridized carbons (Fsp3) is 0.0714. The Balaban J connectivity index is 2.39. The molecule has 0 aromatic heterocycles. The van der Waals surface area contributed by atoms with Crippen molar-refractivity contribution in [2.75, 3.05) is 5.43 Å². The second-order valence-corrected chi connectivity index (χ2v) is 4.18. The molecule has 0 radical (unpaired) electrons. The van der Waals surface area contributed by atoms with Crippen molar-refractivity contribution < 1.29 is 26.3 Å². The summed E-state index contributed by atoms with van der Waals surface area (Å²) in [5.74, 6) is -5.86. The molecule has 0 aliphatic heterocycles. The fourth-order valence-electron chi connectivity index (χ4n) is 1.65. The first-order chi connectivity index (χ1) is 10.3. The highest BCUT2D eigenvalue weighted by atomic mass is 19.4. The van der Waals surface area contributed by atoms with E-state index in [1.54, 1.807) is 30.3 Å². The summed E-state index contributed by atoms with van der Waals surface area (Å²) in [5.41, 5.74) is -0.0573. The Bertz CT molecular complexity index is 695. The van der Waals surface area contributed by atoms with Crippen molar-refractivity contribution in [3.05, 3.63) is 65.0 Å². The van der Waals surface area contributed by atoms with Gasteiger partial charge in [-0.15, -0.1) is 0 Å². The molecule has 0 unspecified atom stereocenters. The zero-order valence-corrected chi connectivity index (χ0v) is 10.8. The van der Waals surface area contributed by atoms with Gasteiger partial charge in [0.25, 0.3) is 0 Å². The molecule has 0 spiro atoms. The van der Waals surface area contributed by atoms with Crippen LogP contribution in [0.1, 0.15) is 11.1 Å². The topological polar surface area (TPSA) is 24.4 Å². The molecular formula is C14H8F6N2. The molecule has 2 nitrogen and oxygen atoms in total. The third kappa shape index (κ3) is 3.38. The standard InChI is InChI=1S/C14H8F6N2/c15-11-6-10(14(18,19)20)9(12(16)13(11)17)7-21-22-8-4-2-1-3-5-8/h1-7,22H. The van der Waals surface area contributed by atoms with Gasteiger partial charge in [-0.25, -0.2) is 13.2 Å².